The van der Waals surface area contributed by atoms with Gasteiger partial charge < -0.3 is 15.2 Å². The van der Waals surface area contributed by atoms with E-state index in [1.54, 1.807) is 29.1 Å². The van der Waals surface area contributed by atoms with Crippen LogP contribution >= 0.6 is 23.2 Å². The van der Waals surface area contributed by atoms with Gasteiger partial charge in [-0.05, 0) is 18.2 Å². The van der Waals surface area contributed by atoms with Crippen LogP contribution in [0.2, 0.25) is 10.0 Å². The summed E-state index contributed by atoms with van der Waals surface area (Å²) in [5, 5.41) is 22.6. The van der Waals surface area contributed by atoms with Crippen LogP contribution in [0.25, 0.3) is 5.69 Å². The van der Waals surface area contributed by atoms with Gasteiger partial charge in [0.15, 0.2) is 0 Å². The maximum absolute atomic E-state index is 10.2. The molecule has 1 fully saturated rings. The van der Waals surface area contributed by atoms with Gasteiger partial charge in [0, 0.05) is 31.1 Å². The van der Waals surface area contributed by atoms with Crippen molar-refractivity contribution < 1.29 is 9.84 Å². The highest BCUT2D eigenvalue weighted by Gasteiger charge is 2.31. The average molecular weight is 343 g/mol. The fourth-order valence-electron chi connectivity index (χ4n) is 2.32. The Morgan fingerprint density at radius 1 is 1.41 bits per heavy atom. The van der Waals surface area contributed by atoms with Gasteiger partial charge in [0.05, 0.1) is 29.2 Å². The molecule has 0 amide bonds. The van der Waals surface area contributed by atoms with E-state index < -0.39 is 5.60 Å². The van der Waals surface area contributed by atoms with Crippen LogP contribution in [0.4, 0.5) is 0 Å². The van der Waals surface area contributed by atoms with E-state index in [0.29, 0.717) is 48.5 Å². The van der Waals surface area contributed by atoms with Crippen molar-refractivity contribution in [3.8, 4) is 5.69 Å². The molecular weight excluding hydrogens is 327 g/mol. The Morgan fingerprint density at radius 2 is 2.27 bits per heavy atom. The molecule has 0 saturated carbocycles. The van der Waals surface area contributed by atoms with Gasteiger partial charge >= 0.3 is 0 Å². The van der Waals surface area contributed by atoms with E-state index >= 15 is 0 Å². The number of nitrogens with one attached hydrogen (secondary N) is 1. The fourth-order valence-corrected chi connectivity index (χ4v) is 2.82. The molecule has 1 aromatic heterocycles. The van der Waals surface area contributed by atoms with E-state index in [1.165, 1.54) is 0 Å². The number of nitrogens with zero attached hydrogens (tertiary/aromatic N) is 3. The Kier molecular flexibility index (Phi) is 4.65. The summed E-state index contributed by atoms with van der Waals surface area (Å²) in [6.45, 7) is 1.94. The summed E-state index contributed by atoms with van der Waals surface area (Å²) in [5.41, 5.74) is 0.691. The van der Waals surface area contributed by atoms with Crippen LogP contribution in [0, 0.1) is 0 Å². The lowest BCUT2D eigenvalue weighted by atomic mass is 10.0. The van der Waals surface area contributed by atoms with E-state index in [0.717, 1.165) is 5.69 Å². The zero-order chi connectivity index (χ0) is 15.6. The van der Waals surface area contributed by atoms with E-state index in [1.807, 2.05) is 0 Å². The Labute approximate surface area is 138 Å². The minimum atomic E-state index is -0.782. The van der Waals surface area contributed by atoms with Crippen LogP contribution in [-0.2, 0) is 11.3 Å². The van der Waals surface area contributed by atoms with E-state index in [-0.39, 0.29) is 0 Å². The maximum Gasteiger partial charge on any atom is 0.103 e. The largest absolute Gasteiger partial charge is 0.386 e. The first-order chi connectivity index (χ1) is 10.6. The lowest BCUT2D eigenvalue weighted by molar-refractivity contribution is 0.0268. The second-order valence-electron chi connectivity index (χ2n) is 5.38. The molecule has 2 aromatic rings. The number of ether oxygens (including phenoxy) is 1. The second kappa shape index (κ2) is 6.52. The van der Waals surface area contributed by atoms with Gasteiger partial charge in [-0.2, -0.15) is 0 Å². The number of benzene rings is 1. The normalized spacial score (nSPS) is 21.4. The third-order valence-electron chi connectivity index (χ3n) is 3.54. The number of halogens is 2. The molecule has 2 N–H and O–H groups in total. The van der Waals surface area contributed by atoms with Gasteiger partial charge in [-0.25, -0.2) is 4.68 Å². The topological polar surface area (TPSA) is 72.2 Å². The highest BCUT2D eigenvalue weighted by molar-refractivity contribution is 6.35. The van der Waals surface area contributed by atoms with Crippen LogP contribution in [0.15, 0.2) is 24.4 Å². The summed E-state index contributed by atoms with van der Waals surface area (Å²) in [5.74, 6) is 0. The summed E-state index contributed by atoms with van der Waals surface area (Å²) in [7, 11) is 0. The molecule has 0 spiro atoms. The molecule has 8 heteroatoms. The summed E-state index contributed by atoms with van der Waals surface area (Å²) in [4.78, 5) is 0. The lowest BCUT2D eigenvalue weighted by Gasteiger charge is -2.20. The van der Waals surface area contributed by atoms with E-state index in [4.69, 9.17) is 27.9 Å². The van der Waals surface area contributed by atoms with Gasteiger partial charge in [-0.3, -0.25) is 0 Å². The second-order valence-corrected chi connectivity index (χ2v) is 6.22. The van der Waals surface area contributed by atoms with Crippen LogP contribution in [-0.4, -0.2) is 45.5 Å². The third-order valence-corrected chi connectivity index (χ3v) is 4.08. The van der Waals surface area contributed by atoms with Crippen molar-refractivity contribution in [2.45, 2.75) is 18.6 Å². The molecule has 6 nitrogen and oxygen atoms in total. The first kappa shape index (κ1) is 15.7. The minimum absolute atomic E-state index is 0.368. The van der Waals surface area contributed by atoms with E-state index in [2.05, 4.69) is 15.6 Å². The number of hydrogen-bond acceptors (Lipinski definition) is 5. The summed E-state index contributed by atoms with van der Waals surface area (Å²) >= 11 is 12.0. The predicted octanol–water partition coefficient (Wildman–Crippen LogP) is 1.82. The van der Waals surface area contributed by atoms with Crippen molar-refractivity contribution in [3.63, 3.8) is 0 Å². The van der Waals surface area contributed by atoms with Crippen molar-refractivity contribution >= 4 is 23.2 Å². The highest BCUT2D eigenvalue weighted by atomic mass is 35.5. The van der Waals surface area contributed by atoms with Crippen LogP contribution in [0.3, 0.4) is 0 Å². The van der Waals surface area contributed by atoms with Gasteiger partial charge in [-0.15, -0.1) is 5.10 Å². The maximum atomic E-state index is 10.2. The van der Waals surface area contributed by atoms with Crippen LogP contribution in [0.1, 0.15) is 12.1 Å². The molecule has 1 aromatic carbocycles. The first-order valence-corrected chi connectivity index (χ1v) is 7.69. The van der Waals surface area contributed by atoms with Crippen molar-refractivity contribution in [2.75, 3.05) is 19.8 Å². The molecular formula is C14H16Cl2N4O2. The standard InChI is InChI=1S/C14H16Cl2N4O2/c15-10-1-2-13(12(16)5-10)20-7-11(18-19-20)6-17-8-14(21)3-4-22-9-14/h1-2,5,7,17,21H,3-4,6,8-9H2. The van der Waals surface area contributed by atoms with Gasteiger partial charge in [0.2, 0.25) is 0 Å². The molecule has 1 atom stereocenters. The molecule has 1 saturated heterocycles. The van der Waals surface area contributed by atoms with Gasteiger partial charge in [0.25, 0.3) is 0 Å². The monoisotopic (exact) mass is 342 g/mol. The summed E-state index contributed by atoms with van der Waals surface area (Å²) in [6.07, 6.45) is 2.43. The van der Waals surface area contributed by atoms with Crippen molar-refractivity contribution in [1.82, 2.24) is 20.3 Å². The van der Waals surface area contributed by atoms with Crippen LogP contribution < -0.4 is 5.32 Å². The minimum Gasteiger partial charge on any atom is -0.386 e. The van der Waals surface area contributed by atoms with E-state index in [9.17, 15) is 5.11 Å². The smallest absolute Gasteiger partial charge is 0.103 e. The number of hydrogen-bond donors (Lipinski definition) is 2. The molecule has 1 aliphatic rings. The SMILES string of the molecule is OC1(CNCc2cn(-c3ccc(Cl)cc3Cl)nn2)CCOC1. The summed E-state index contributed by atoms with van der Waals surface area (Å²) in [6, 6.07) is 5.20. The first-order valence-electron chi connectivity index (χ1n) is 6.93. The quantitative estimate of drug-likeness (QED) is 0.866. The molecule has 1 aliphatic heterocycles. The Hall–Kier alpha value is -1.18. The average Bonchev–Trinajstić information content (AvgIpc) is 3.09. The number of rotatable bonds is 5. The molecule has 2 heterocycles. The Bertz CT molecular complexity index is 656. The van der Waals surface area contributed by atoms with Crippen LogP contribution in [0.5, 0.6) is 0 Å². The molecule has 0 aliphatic carbocycles. The lowest BCUT2D eigenvalue weighted by Crippen LogP contribution is -2.40. The number of aromatic nitrogens is 3. The molecule has 0 bridgehead atoms. The Balaban J connectivity index is 1.61. The third kappa shape index (κ3) is 3.59. The molecule has 1 unspecified atom stereocenters. The fraction of sp³-hybridized carbons (Fsp3) is 0.429. The predicted molar refractivity (Wildman–Crippen MR) is 83.5 cm³/mol. The van der Waals surface area contributed by atoms with Gasteiger partial charge in [-0.1, -0.05) is 28.4 Å². The molecule has 0 radical (unpaired) electrons. The Morgan fingerprint density at radius 3 is 3.00 bits per heavy atom. The zero-order valence-electron chi connectivity index (χ0n) is 11.8. The zero-order valence-corrected chi connectivity index (χ0v) is 13.3. The molecule has 118 valence electrons. The molecule has 3 rings (SSSR count). The van der Waals surface area contributed by atoms with Crippen molar-refractivity contribution in [1.29, 1.82) is 0 Å². The summed E-state index contributed by atoms with van der Waals surface area (Å²) < 4.78 is 6.80. The number of aliphatic hydroxyl groups is 1. The van der Waals surface area contributed by atoms with Crippen molar-refractivity contribution in [3.05, 3.63) is 40.1 Å². The van der Waals surface area contributed by atoms with Crippen molar-refractivity contribution in [2.24, 2.45) is 0 Å². The molecule has 22 heavy (non-hydrogen) atoms. The highest BCUT2D eigenvalue weighted by Crippen LogP contribution is 2.23. The van der Waals surface area contributed by atoms with Gasteiger partial charge in [0.1, 0.15) is 5.60 Å².